The van der Waals surface area contributed by atoms with Gasteiger partial charge >= 0.3 is 0 Å². The van der Waals surface area contributed by atoms with Crippen molar-refractivity contribution < 1.29 is 13.5 Å². The predicted octanol–water partition coefficient (Wildman–Crippen LogP) is 4.94. The highest BCUT2D eigenvalue weighted by Crippen LogP contribution is 2.25. The molecule has 2 aromatic rings. The van der Waals surface area contributed by atoms with Crippen LogP contribution >= 0.6 is 23.2 Å². The lowest BCUT2D eigenvalue weighted by molar-refractivity contribution is 0.302. The quantitative estimate of drug-likeness (QED) is 0.727. The van der Waals surface area contributed by atoms with E-state index < -0.39 is 11.6 Å². The van der Waals surface area contributed by atoms with Crippen molar-refractivity contribution in [3.63, 3.8) is 0 Å². The second-order valence-corrected chi connectivity index (χ2v) is 4.66. The first-order chi connectivity index (χ1) is 9.08. The summed E-state index contributed by atoms with van der Waals surface area (Å²) >= 11 is 11.6. The largest absolute Gasteiger partial charge is 0.489 e. The van der Waals surface area contributed by atoms with Gasteiger partial charge in [-0.25, -0.2) is 8.78 Å². The molecule has 0 atom stereocenters. The van der Waals surface area contributed by atoms with E-state index in [9.17, 15) is 8.78 Å². The van der Waals surface area contributed by atoms with E-state index in [2.05, 4.69) is 0 Å². The molecule has 0 aliphatic carbocycles. The minimum Gasteiger partial charge on any atom is -0.489 e. The van der Waals surface area contributed by atoms with Gasteiger partial charge in [-0.1, -0.05) is 11.6 Å². The first-order valence-electron chi connectivity index (χ1n) is 5.50. The zero-order chi connectivity index (χ0) is 13.8. The predicted molar refractivity (Wildman–Crippen MR) is 71.7 cm³/mol. The van der Waals surface area contributed by atoms with Crippen LogP contribution in [0.2, 0.25) is 5.02 Å². The standard InChI is InChI=1S/C14H10Cl2F2O/c15-7-10-5-11(16)1-2-14(10)19-8-9-3-12(17)6-13(18)4-9/h1-6H,7-8H2. The van der Waals surface area contributed by atoms with Crippen LogP contribution in [0.4, 0.5) is 8.78 Å². The normalized spacial score (nSPS) is 10.5. The first-order valence-corrected chi connectivity index (χ1v) is 6.42. The molecule has 0 heterocycles. The lowest BCUT2D eigenvalue weighted by atomic mass is 10.2. The molecule has 5 heteroatoms. The van der Waals surface area contributed by atoms with Crippen molar-refractivity contribution in [1.29, 1.82) is 0 Å². The van der Waals surface area contributed by atoms with Crippen molar-refractivity contribution >= 4 is 23.2 Å². The maximum atomic E-state index is 13.0. The minimum atomic E-state index is -0.632. The Morgan fingerprint density at radius 3 is 2.32 bits per heavy atom. The molecule has 0 aliphatic rings. The number of rotatable bonds is 4. The van der Waals surface area contributed by atoms with Crippen LogP contribution < -0.4 is 4.74 Å². The van der Waals surface area contributed by atoms with Gasteiger partial charge in [0.15, 0.2) is 0 Å². The molecule has 1 nitrogen and oxygen atoms in total. The number of hydrogen-bond donors (Lipinski definition) is 0. The molecule has 0 amide bonds. The van der Waals surface area contributed by atoms with Gasteiger partial charge in [-0.3, -0.25) is 0 Å². The number of halogens is 4. The number of ether oxygens (including phenoxy) is 1. The van der Waals surface area contributed by atoms with E-state index in [-0.39, 0.29) is 12.5 Å². The summed E-state index contributed by atoms with van der Waals surface area (Å²) in [6.45, 7) is 0.0558. The highest BCUT2D eigenvalue weighted by molar-refractivity contribution is 6.30. The number of alkyl halides is 1. The van der Waals surface area contributed by atoms with Gasteiger partial charge in [0.05, 0.1) is 5.88 Å². The molecule has 0 aromatic heterocycles. The van der Waals surface area contributed by atoms with Crippen LogP contribution in [-0.2, 0) is 12.5 Å². The molecule has 0 unspecified atom stereocenters. The van der Waals surface area contributed by atoms with Gasteiger partial charge in [-0.15, -0.1) is 11.6 Å². The van der Waals surface area contributed by atoms with Gasteiger partial charge in [0.25, 0.3) is 0 Å². The average molecular weight is 303 g/mol. The van der Waals surface area contributed by atoms with Crippen molar-refractivity contribution in [2.24, 2.45) is 0 Å². The number of hydrogen-bond acceptors (Lipinski definition) is 1. The second-order valence-electron chi connectivity index (χ2n) is 3.95. The molecular formula is C14H10Cl2F2O. The summed E-state index contributed by atoms with van der Waals surface area (Å²) in [5.74, 6) is -0.475. The van der Waals surface area contributed by atoms with Crippen molar-refractivity contribution in [2.45, 2.75) is 12.5 Å². The molecule has 2 aromatic carbocycles. The molecule has 100 valence electrons. The van der Waals surface area contributed by atoms with Crippen LogP contribution in [0.1, 0.15) is 11.1 Å². The average Bonchev–Trinajstić information content (AvgIpc) is 2.36. The van der Waals surface area contributed by atoms with Crippen LogP contribution in [0.15, 0.2) is 36.4 Å². The molecule has 0 radical (unpaired) electrons. The molecule has 19 heavy (non-hydrogen) atoms. The smallest absolute Gasteiger partial charge is 0.126 e. The molecule has 0 saturated heterocycles. The van der Waals surface area contributed by atoms with Gasteiger partial charge < -0.3 is 4.74 Å². The summed E-state index contributed by atoms with van der Waals surface area (Å²) in [6.07, 6.45) is 0. The van der Waals surface area contributed by atoms with Crippen molar-refractivity contribution in [2.75, 3.05) is 0 Å². The fourth-order valence-electron chi connectivity index (χ4n) is 1.65. The van der Waals surface area contributed by atoms with Crippen LogP contribution in [0.25, 0.3) is 0 Å². The minimum absolute atomic E-state index is 0.0558. The number of benzene rings is 2. The Bertz CT molecular complexity index is 567. The van der Waals surface area contributed by atoms with Gasteiger partial charge in [-0.05, 0) is 35.9 Å². The fraction of sp³-hybridized carbons (Fsp3) is 0.143. The summed E-state index contributed by atoms with van der Waals surface area (Å²) in [7, 11) is 0. The third kappa shape index (κ3) is 3.82. The Kier molecular flexibility index (Phi) is 4.61. The summed E-state index contributed by atoms with van der Waals surface area (Å²) < 4.78 is 31.5. The maximum Gasteiger partial charge on any atom is 0.126 e. The zero-order valence-corrected chi connectivity index (χ0v) is 11.3. The molecule has 0 spiro atoms. The van der Waals surface area contributed by atoms with E-state index in [0.717, 1.165) is 11.6 Å². The van der Waals surface area contributed by atoms with Crippen LogP contribution in [0, 0.1) is 11.6 Å². The Hall–Kier alpha value is -1.32. The third-order valence-corrected chi connectivity index (χ3v) is 3.01. The van der Waals surface area contributed by atoms with Gasteiger partial charge in [0.2, 0.25) is 0 Å². The Balaban J connectivity index is 2.14. The van der Waals surface area contributed by atoms with Gasteiger partial charge in [0.1, 0.15) is 24.0 Å². The van der Waals surface area contributed by atoms with E-state index >= 15 is 0 Å². The van der Waals surface area contributed by atoms with E-state index in [1.165, 1.54) is 12.1 Å². The highest BCUT2D eigenvalue weighted by Gasteiger charge is 2.06. The highest BCUT2D eigenvalue weighted by atomic mass is 35.5. The molecule has 0 saturated carbocycles. The summed E-state index contributed by atoms with van der Waals surface area (Å²) in [4.78, 5) is 0. The van der Waals surface area contributed by atoms with Crippen molar-refractivity contribution in [1.82, 2.24) is 0 Å². The SMILES string of the molecule is Fc1cc(F)cc(COc2ccc(Cl)cc2CCl)c1. The van der Waals surface area contributed by atoms with E-state index in [4.69, 9.17) is 27.9 Å². The Morgan fingerprint density at radius 2 is 1.68 bits per heavy atom. The summed E-state index contributed by atoms with van der Waals surface area (Å²) in [5, 5.41) is 0.555. The Labute approximate surface area is 119 Å². The molecule has 0 N–H and O–H groups in total. The lowest BCUT2D eigenvalue weighted by Gasteiger charge is -2.10. The molecule has 2 rings (SSSR count). The van der Waals surface area contributed by atoms with Crippen molar-refractivity contribution in [3.8, 4) is 5.75 Å². The fourth-order valence-corrected chi connectivity index (χ4v) is 2.05. The maximum absolute atomic E-state index is 13.0. The van der Waals surface area contributed by atoms with Gasteiger partial charge in [0, 0.05) is 16.7 Å². The first kappa shape index (κ1) is 14.1. The summed E-state index contributed by atoms with van der Waals surface area (Å²) in [6, 6.07) is 8.29. The topological polar surface area (TPSA) is 9.23 Å². The molecular weight excluding hydrogens is 293 g/mol. The lowest BCUT2D eigenvalue weighted by Crippen LogP contribution is -1.99. The molecule has 0 bridgehead atoms. The van der Waals surface area contributed by atoms with Gasteiger partial charge in [-0.2, -0.15) is 0 Å². The van der Waals surface area contributed by atoms with E-state index in [1.54, 1.807) is 18.2 Å². The third-order valence-electron chi connectivity index (χ3n) is 2.48. The van der Waals surface area contributed by atoms with E-state index in [1.807, 2.05) is 0 Å². The van der Waals surface area contributed by atoms with Crippen molar-refractivity contribution in [3.05, 3.63) is 64.2 Å². The monoisotopic (exact) mass is 302 g/mol. The zero-order valence-electron chi connectivity index (χ0n) is 9.80. The summed E-state index contributed by atoms with van der Waals surface area (Å²) in [5.41, 5.74) is 1.14. The van der Waals surface area contributed by atoms with Crippen LogP contribution in [0.5, 0.6) is 5.75 Å². The molecule has 0 aliphatic heterocycles. The van der Waals surface area contributed by atoms with Crippen LogP contribution in [0.3, 0.4) is 0 Å². The Morgan fingerprint density at radius 1 is 1.00 bits per heavy atom. The van der Waals surface area contributed by atoms with E-state index in [0.29, 0.717) is 16.3 Å². The second kappa shape index (κ2) is 6.22. The van der Waals surface area contributed by atoms with Crippen LogP contribution in [-0.4, -0.2) is 0 Å². The molecule has 0 fully saturated rings.